The molecular weight excluding hydrogens is 290 g/mol. The monoisotopic (exact) mass is 313 g/mol. The van der Waals surface area contributed by atoms with Crippen LogP contribution in [0.2, 0.25) is 0 Å². The maximum absolute atomic E-state index is 11.6. The highest BCUT2D eigenvalue weighted by Gasteiger charge is 2.20. The molecule has 1 rings (SSSR count). The highest BCUT2D eigenvalue weighted by molar-refractivity contribution is 7.89. The van der Waals surface area contributed by atoms with Crippen LogP contribution in [0.25, 0.3) is 0 Å². The summed E-state index contributed by atoms with van der Waals surface area (Å²) < 4.78 is 25.8. The minimum Gasteiger partial charge on any atom is -0.355 e. The van der Waals surface area contributed by atoms with E-state index in [-0.39, 0.29) is 43.1 Å². The number of nitrogens with two attached hydrogens (primary N) is 1. The maximum atomic E-state index is 11.6. The molecule has 4 N–H and O–H groups in total. The van der Waals surface area contributed by atoms with Gasteiger partial charge < -0.3 is 11.1 Å². The van der Waals surface area contributed by atoms with Crippen molar-refractivity contribution < 1.29 is 13.2 Å². The summed E-state index contributed by atoms with van der Waals surface area (Å²) >= 11 is 0. The lowest BCUT2D eigenvalue weighted by molar-refractivity contribution is -0.124. The minimum atomic E-state index is -3.28. The van der Waals surface area contributed by atoms with Gasteiger partial charge in [0, 0.05) is 25.6 Å². The summed E-state index contributed by atoms with van der Waals surface area (Å²) in [6.45, 7) is 2.62. The van der Waals surface area contributed by atoms with E-state index in [0.29, 0.717) is 12.5 Å². The van der Waals surface area contributed by atoms with Gasteiger partial charge in [-0.15, -0.1) is 12.4 Å². The van der Waals surface area contributed by atoms with E-state index in [1.165, 1.54) is 6.42 Å². The third-order valence-electron chi connectivity index (χ3n) is 3.29. The standard InChI is InChI=1S/C11H23N3O3S.ClH/c1-9(7-12)11(15)13-5-6-18(16,17)14-8-10-3-2-4-10;/h9-10,14H,2-8,12H2,1H3,(H,13,15);1H. The molecule has 1 unspecified atom stereocenters. The van der Waals surface area contributed by atoms with Crippen LogP contribution in [0.1, 0.15) is 26.2 Å². The molecule has 0 radical (unpaired) electrons. The smallest absolute Gasteiger partial charge is 0.224 e. The van der Waals surface area contributed by atoms with E-state index in [0.717, 1.165) is 12.8 Å². The molecule has 1 atom stereocenters. The number of hydrogen-bond donors (Lipinski definition) is 3. The zero-order chi connectivity index (χ0) is 13.6. The second-order valence-electron chi connectivity index (χ2n) is 4.89. The maximum Gasteiger partial charge on any atom is 0.224 e. The summed E-state index contributed by atoms with van der Waals surface area (Å²) in [7, 11) is -3.28. The quantitative estimate of drug-likeness (QED) is 0.579. The van der Waals surface area contributed by atoms with Crippen LogP contribution >= 0.6 is 12.4 Å². The van der Waals surface area contributed by atoms with Crippen LogP contribution in [0.15, 0.2) is 0 Å². The van der Waals surface area contributed by atoms with Gasteiger partial charge in [0.25, 0.3) is 0 Å². The van der Waals surface area contributed by atoms with Crippen LogP contribution in [0.3, 0.4) is 0 Å². The third-order valence-corrected chi connectivity index (χ3v) is 4.64. The molecule has 1 amide bonds. The highest BCUT2D eigenvalue weighted by atomic mass is 35.5. The topological polar surface area (TPSA) is 101 Å². The number of rotatable bonds is 8. The van der Waals surface area contributed by atoms with Gasteiger partial charge in [-0.2, -0.15) is 0 Å². The molecule has 1 saturated carbocycles. The van der Waals surface area contributed by atoms with E-state index in [9.17, 15) is 13.2 Å². The average molecular weight is 314 g/mol. The van der Waals surface area contributed by atoms with Crippen LogP contribution in [0.4, 0.5) is 0 Å². The zero-order valence-corrected chi connectivity index (χ0v) is 12.9. The number of nitrogens with one attached hydrogen (secondary N) is 2. The van der Waals surface area contributed by atoms with E-state index >= 15 is 0 Å². The molecule has 0 aromatic rings. The molecule has 1 aliphatic rings. The Morgan fingerprint density at radius 2 is 2.05 bits per heavy atom. The normalized spacial score (nSPS) is 17.2. The fourth-order valence-electron chi connectivity index (χ4n) is 1.60. The Kier molecular flexibility index (Phi) is 8.56. The van der Waals surface area contributed by atoms with Crippen molar-refractivity contribution in [3.63, 3.8) is 0 Å². The molecule has 0 heterocycles. The lowest BCUT2D eigenvalue weighted by Gasteiger charge is -2.25. The van der Waals surface area contributed by atoms with Gasteiger partial charge in [-0.1, -0.05) is 13.3 Å². The minimum absolute atomic E-state index is 0. The van der Waals surface area contributed by atoms with Crippen molar-refractivity contribution in [2.75, 3.05) is 25.4 Å². The molecule has 8 heteroatoms. The van der Waals surface area contributed by atoms with Gasteiger partial charge in [0.15, 0.2) is 0 Å². The summed E-state index contributed by atoms with van der Waals surface area (Å²) in [6, 6.07) is 0. The van der Waals surface area contributed by atoms with E-state index in [4.69, 9.17) is 5.73 Å². The van der Waals surface area contributed by atoms with Crippen molar-refractivity contribution in [2.45, 2.75) is 26.2 Å². The van der Waals surface area contributed by atoms with Gasteiger partial charge in [0.05, 0.1) is 5.75 Å². The summed E-state index contributed by atoms with van der Waals surface area (Å²) in [6.07, 6.45) is 3.40. The molecule has 0 saturated heterocycles. The second-order valence-corrected chi connectivity index (χ2v) is 6.82. The van der Waals surface area contributed by atoms with Crippen LogP contribution < -0.4 is 15.8 Å². The van der Waals surface area contributed by atoms with Gasteiger partial charge in [0.1, 0.15) is 0 Å². The van der Waals surface area contributed by atoms with Crippen LogP contribution in [-0.2, 0) is 14.8 Å². The van der Waals surface area contributed by atoms with Crippen molar-refractivity contribution in [1.82, 2.24) is 10.0 Å². The number of hydrogen-bond acceptors (Lipinski definition) is 4. The Morgan fingerprint density at radius 1 is 1.42 bits per heavy atom. The first-order chi connectivity index (χ1) is 8.44. The molecule has 0 spiro atoms. The summed E-state index contributed by atoms with van der Waals surface area (Å²) in [5.41, 5.74) is 5.34. The SMILES string of the molecule is CC(CN)C(=O)NCCS(=O)(=O)NCC1CCC1.Cl. The Morgan fingerprint density at radius 3 is 2.53 bits per heavy atom. The fourth-order valence-corrected chi connectivity index (χ4v) is 2.61. The first-order valence-corrected chi connectivity index (χ1v) is 8.05. The van der Waals surface area contributed by atoms with E-state index < -0.39 is 10.0 Å². The zero-order valence-electron chi connectivity index (χ0n) is 11.2. The molecule has 0 aliphatic heterocycles. The first kappa shape index (κ1) is 18.6. The van der Waals surface area contributed by atoms with E-state index in [2.05, 4.69) is 10.0 Å². The van der Waals surface area contributed by atoms with Crippen LogP contribution in [-0.4, -0.2) is 39.7 Å². The van der Waals surface area contributed by atoms with Crippen LogP contribution in [0, 0.1) is 11.8 Å². The molecule has 0 bridgehead atoms. The Balaban J connectivity index is 0.00000324. The fraction of sp³-hybridized carbons (Fsp3) is 0.909. The predicted molar refractivity (Wildman–Crippen MR) is 77.6 cm³/mol. The highest BCUT2D eigenvalue weighted by Crippen LogP contribution is 2.25. The molecular formula is C11H24ClN3O3S. The van der Waals surface area contributed by atoms with Crippen molar-refractivity contribution in [3.8, 4) is 0 Å². The number of halogens is 1. The largest absolute Gasteiger partial charge is 0.355 e. The summed E-state index contributed by atoms with van der Waals surface area (Å²) in [5, 5.41) is 2.57. The molecule has 0 aromatic heterocycles. The van der Waals surface area contributed by atoms with E-state index in [1.807, 2.05) is 0 Å². The second kappa shape index (κ2) is 8.73. The van der Waals surface area contributed by atoms with Crippen molar-refractivity contribution in [2.24, 2.45) is 17.6 Å². The van der Waals surface area contributed by atoms with Gasteiger partial charge in [-0.05, 0) is 18.8 Å². The molecule has 1 fully saturated rings. The summed E-state index contributed by atoms with van der Waals surface area (Å²) in [4.78, 5) is 11.4. The average Bonchev–Trinajstić information content (AvgIpc) is 2.25. The first-order valence-electron chi connectivity index (χ1n) is 6.39. The molecule has 6 nitrogen and oxygen atoms in total. The van der Waals surface area contributed by atoms with Crippen molar-refractivity contribution in [3.05, 3.63) is 0 Å². The van der Waals surface area contributed by atoms with Crippen molar-refractivity contribution in [1.29, 1.82) is 0 Å². The molecule has 19 heavy (non-hydrogen) atoms. The number of carbonyl (C=O) groups is 1. The Bertz CT molecular complexity index is 371. The molecule has 114 valence electrons. The van der Waals surface area contributed by atoms with Crippen molar-refractivity contribution >= 4 is 28.3 Å². The molecule has 0 aromatic carbocycles. The molecule has 1 aliphatic carbocycles. The summed E-state index contributed by atoms with van der Waals surface area (Å²) in [5.74, 6) is -0.0723. The lowest BCUT2D eigenvalue weighted by Crippen LogP contribution is -2.39. The predicted octanol–water partition coefficient (Wildman–Crippen LogP) is -0.161. The Labute approximate surface area is 121 Å². The van der Waals surface area contributed by atoms with Gasteiger partial charge in [-0.3, -0.25) is 4.79 Å². The number of carbonyl (C=O) groups excluding carboxylic acids is 1. The third kappa shape index (κ3) is 7.10. The van der Waals surface area contributed by atoms with Crippen LogP contribution in [0.5, 0.6) is 0 Å². The number of amides is 1. The lowest BCUT2D eigenvalue weighted by atomic mass is 9.86. The van der Waals surface area contributed by atoms with Gasteiger partial charge >= 0.3 is 0 Å². The van der Waals surface area contributed by atoms with Gasteiger partial charge in [-0.25, -0.2) is 13.1 Å². The van der Waals surface area contributed by atoms with Gasteiger partial charge in [0.2, 0.25) is 15.9 Å². The Hall–Kier alpha value is -0.370. The van der Waals surface area contributed by atoms with E-state index in [1.54, 1.807) is 6.92 Å². The number of sulfonamides is 1.